The number of pyridine rings is 1. The fourth-order valence-corrected chi connectivity index (χ4v) is 5.48. The molecule has 1 aromatic carbocycles. The molecule has 0 amide bonds. The molecule has 0 spiro atoms. The first kappa shape index (κ1) is 21.4. The number of aryl methyl sites for hydroxylation is 2. The third-order valence-corrected chi connectivity index (χ3v) is 7.02. The van der Waals surface area contributed by atoms with E-state index in [9.17, 15) is 9.65 Å². The Balaban J connectivity index is 1.73. The van der Waals surface area contributed by atoms with Crippen LogP contribution in [-0.2, 0) is 13.6 Å². The van der Waals surface area contributed by atoms with E-state index in [-0.39, 0.29) is 23.5 Å². The summed E-state index contributed by atoms with van der Waals surface area (Å²) in [6.45, 7) is 4.52. The molecule has 0 fully saturated rings. The maximum atomic E-state index is 14.4. The number of nitrogen functional groups attached to an aromatic ring is 1. The smallest absolute Gasteiger partial charge is 0.166 e. The average molecular weight is 470 g/mol. The van der Waals surface area contributed by atoms with Gasteiger partial charge in [-0.3, -0.25) is 9.36 Å². The summed E-state index contributed by atoms with van der Waals surface area (Å²) >= 11 is 0. The molecular formula is C26H24FN7O. The highest BCUT2D eigenvalue weighted by molar-refractivity contribution is 5.75. The second-order valence-electron chi connectivity index (χ2n) is 9.14. The monoisotopic (exact) mass is 469 g/mol. The summed E-state index contributed by atoms with van der Waals surface area (Å²) in [5.74, 6) is -0.148. The van der Waals surface area contributed by atoms with E-state index in [2.05, 4.69) is 11.1 Å². The molecule has 6 rings (SSSR count). The van der Waals surface area contributed by atoms with Crippen LogP contribution >= 0.6 is 0 Å². The van der Waals surface area contributed by atoms with Crippen LogP contribution < -0.4 is 10.5 Å². The minimum atomic E-state index is -0.518. The molecule has 0 saturated carbocycles. The molecule has 2 aliphatic rings. The van der Waals surface area contributed by atoms with Gasteiger partial charge in [-0.05, 0) is 44.5 Å². The number of nitrogens with two attached hydrogens (primary N) is 1. The highest BCUT2D eigenvalue weighted by Crippen LogP contribution is 2.51. The van der Waals surface area contributed by atoms with Crippen molar-refractivity contribution in [1.82, 2.24) is 24.5 Å². The summed E-state index contributed by atoms with van der Waals surface area (Å²) < 4.78 is 24.4. The number of ether oxygens (including phenoxy) is 1. The van der Waals surface area contributed by atoms with E-state index in [0.29, 0.717) is 24.3 Å². The summed E-state index contributed by atoms with van der Waals surface area (Å²) in [6, 6.07) is 8.98. The zero-order valence-electron chi connectivity index (χ0n) is 19.7. The van der Waals surface area contributed by atoms with Gasteiger partial charge in [0, 0.05) is 59.7 Å². The van der Waals surface area contributed by atoms with E-state index in [1.165, 1.54) is 12.1 Å². The fourth-order valence-electron chi connectivity index (χ4n) is 5.48. The Bertz CT molecular complexity index is 1530. The van der Waals surface area contributed by atoms with Crippen LogP contribution in [0, 0.1) is 17.1 Å². The molecular weight excluding hydrogens is 445 g/mol. The third kappa shape index (κ3) is 3.13. The van der Waals surface area contributed by atoms with Crippen molar-refractivity contribution in [1.29, 1.82) is 5.26 Å². The molecule has 35 heavy (non-hydrogen) atoms. The van der Waals surface area contributed by atoms with Gasteiger partial charge < -0.3 is 10.5 Å². The quantitative estimate of drug-likeness (QED) is 0.434. The van der Waals surface area contributed by atoms with E-state index in [4.69, 9.17) is 20.7 Å². The molecule has 2 N–H and O–H groups in total. The van der Waals surface area contributed by atoms with Gasteiger partial charge >= 0.3 is 0 Å². The second-order valence-corrected chi connectivity index (χ2v) is 9.14. The van der Waals surface area contributed by atoms with Crippen molar-refractivity contribution < 1.29 is 9.13 Å². The van der Waals surface area contributed by atoms with Crippen LogP contribution in [0.5, 0.6) is 5.75 Å². The van der Waals surface area contributed by atoms with Gasteiger partial charge in [-0.1, -0.05) is 0 Å². The molecule has 4 aromatic rings. The molecule has 9 heteroatoms. The molecule has 8 nitrogen and oxygen atoms in total. The normalized spacial score (nSPS) is 20.0. The molecule has 1 aliphatic carbocycles. The molecule has 3 aromatic heterocycles. The Kier molecular flexibility index (Phi) is 4.68. The Morgan fingerprint density at radius 3 is 2.86 bits per heavy atom. The number of nitriles is 1. The largest absolute Gasteiger partial charge is 0.482 e. The average Bonchev–Trinajstić information content (AvgIpc) is 3.51. The Morgan fingerprint density at radius 1 is 1.26 bits per heavy atom. The molecule has 1 unspecified atom stereocenters. The molecule has 0 saturated heterocycles. The Morgan fingerprint density at radius 2 is 2.09 bits per heavy atom. The van der Waals surface area contributed by atoms with Gasteiger partial charge in [0.05, 0.1) is 29.1 Å². The van der Waals surface area contributed by atoms with Crippen molar-refractivity contribution in [3.63, 3.8) is 0 Å². The zero-order valence-corrected chi connectivity index (χ0v) is 19.7. The molecule has 1 aliphatic heterocycles. The lowest BCUT2D eigenvalue weighted by molar-refractivity contribution is 0.227. The van der Waals surface area contributed by atoms with Gasteiger partial charge in [0.2, 0.25) is 0 Å². The second kappa shape index (κ2) is 7.67. The minimum Gasteiger partial charge on any atom is -0.482 e. The van der Waals surface area contributed by atoms with Gasteiger partial charge in [0.1, 0.15) is 11.9 Å². The SMILES string of the molecule is CCn1nc2c3c1-c1cnc(N)c(c1)O[C@H](C)c1cc(F)ccc1-c1nn(C)cc1[C@H]3CC2C#N. The van der Waals surface area contributed by atoms with Crippen LogP contribution in [0.15, 0.2) is 36.7 Å². The number of nitrogens with zero attached hydrogens (tertiary/aromatic N) is 6. The number of benzene rings is 1. The lowest BCUT2D eigenvalue weighted by atomic mass is 9.87. The number of halogens is 1. The zero-order chi connectivity index (χ0) is 24.4. The molecule has 3 atom stereocenters. The van der Waals surface area contributed by atoms with Crippen LogP contribution in [0.25, 0.3) is 22.5 Å². The number of anilines is 1. The van der Waals surface area contributed by atoms with Gasteiger partial charge in [0.15, 0.2) is 11.6 Å². The molecule has 0 radical (unpaired) electrons. The van der Waals surface area contributed by atoms with Crippen molar-refractivity contribution >= 4 is 5.82 Å². The summed E-state index contributed by atoms with van der Waals surface area (Å²) in [5.41, 5.74) is 12.9. The minimum absolute atomic E-state index is 0.108. The number of hydrogen-bond acceptors (Lipinski definition) is 6. The highest BCUT2D eigenvalue weighted by Gasteiger charge is 2.41. The summed E-state index contributed by atoms with van der Waals surface area (Å²) in [5, 5.41) is 19.7. The lowest BCUT2D eigenvalue weighted by Gasteiger charge is -2.22. The van der Waals surface area contributed by atoms with E-state index in [0.717, 1.165) is 39.3 Å². The van der Waals surface area contributed by atoms with Crippen molar-refractivity contribution in [2.75, 3.05) is 5.73 Å². The van der Waals surface area contributed by atoms with Gasteiger partial charge in [-0.25, -0.2) is 9.37 Å². The van der Waals surface area contributed by atoms with Crippen LogP contribution in [0.2, 0.25) is 0 Å². The van der Waals surface area contributed by atoms with Crippen LogP contribution in [0.4, 0.5) is 10.2 Å². The predicted molar refractivity (Wildman–Crippen MR) is 128 cm³/mol. The van der Waals surface area contributed by atoms with E-state index in [1.54, 1.807) is 16.9 Å². The predicted octanol–water partition coefficient (Wildman–Crippen LogP) is 4.68. The Labute approximate surface area is 201 Å². The topological polar surface area (TPSA) is 108 Å². The van der Waals surface area contributed by atoms with Crippen molar-refractivity contribution in [3.8, 4) is 34.3 Å². The summed E-state index contributed by atoms with van der Waals surface area (Å²) in [6.07, 6.45) is 3.79. The van der Waals surface area contributed by atoms with Crippen molar-refractivity contribution in [2.24, 2.45) is 7.05 Å². The molecule has 4 heterocycles. The first-order chi connectivity index (χ1) is 16.9. The van der Waals surface area contributed by atoms with Gasteiger partial charge in [-0.2, -0.15) is 15.5 Å². The first-order valence-electron chi connectivity index (χ1n) is 11.7. The van der Waals surface area contributed by atoms with Crippen LogP contribution in [0.1, 0.15) is 60.6 Å². The molecule has 2 bridgehead atoms. The van der Waals surface area contributed by atoms with Gasteiger partial charge in [-0.15, -0.1) is 0 Å². The first-order valence-corrected chi connectivity index (χ1v) is 11.7. The maximum absolute atomic E-state index is 14.4. The summed E-state index contributed by atoms with van der Waals surface area (Å²) in [4.78, 5) is 4.41. The van der Waals surface area contributed by atoms with Crippen LogP contribution in [-0.4, -0.2) is 24.5 Å². The van der Waals surface area contributed by atoms with Crippen molar-refractivity contribution in [3.05, 3.63) is 64.9 Å². The molecule has 176 valence electrons. The summed E-state index contributed by atoms with van der Waals surface area (Å²) in [7, 11) is 1.87. The number of fused-ring (bicyclic) bond motifs is 7. The van der Waals surface area contributed by atoms with E-state index >= 15 is 0 Å². The van der Waals surface area contributed by atoms with E-state index < -0.39 is 6.10 Å². The Hall–Kier alpha value is -4.19. The number of aromatic nitrogens is 5. The standard InChI is InChI=1S/C26H24FN7O/c1-4-34-25-15-8-21(26(29)30-11-15)35-13(2)18-9-16(27)5-6-17(18)24-20(12-33(3)31-24)19-7-14(10-28)23(32-34)22(19)25/h5-6,8-9,11-14,19H,4,7H2,1-3H3,(H2,29,30)/t13-,14?,19-/m1/s1. The number of hydrogen-bond donors (Lipinski definition) is 1. The maximum Gasteiger partial charge on any atom is 0.166 e. The van der Waals surface area contributed by atoms with Gasteiger partial charge in [0.25, 0.3) is 0 Å². The van der Waals surface area contributed by atoms with E-state index in [1.807, 2.05) is 37.8 Å². The van der Waals surface area contributed by atoms with Crippen LogP contribution in [0.3, 0.4) is 0 Å². The highest BCUT2D eigenvalue weighted by atomic mass is 19.1. The fraction of sp³-hybridized carbons (Fsp3) is 0.308. The number of rotatable bonds is 1. The van der Waals surface area contributed by atoms with Crippen molar-refractivity contribution in [2.45, 2.75) is 44.8 Å². The third-order valence-electron chi connectivity index (χ3n) is 7.02. The lowest BCUT2D eigenvalue weighted by Crippen LogP contribution is -2.11.